The number of benzene rings is 1. The van der Waals surface area contributed by atoms with Gasteiger partial charge in [0.15, 0.2) is 0 Å². The van der Waals surface area contributed by atoms with Crippen LogP contribution in [0.15, 0.2) is 24.5 Å². The van der Waals surface area contributed by atoms with Crippen molar-refractivity contribution < 1.29 is 9.72 Å². The minimum Gasteiger partial charge on any atom is -0.392 e. The third-order valence-corrected chi connectivity index (χ3v) is 3.09. The molecule has 0 radical (unpaired) electrons. The Labute approximate surface area is 124 Å². The normalized spacial score (nSPS) is 10.4. The molecule has 0 unspecified atom stereocenters. The molecular formula is C12H12ClN5O3. The number of nitrogen functional groups attached to an aromatic ring is 1. The van der Waals surface area contributed by atoms with E-state index in [9.17, 15) is 14.9 Å². The van der Waals surface area contributed by atoms with Gasteiger partial charge in [0.25, 0.3) is 11.6 Å². The maximum absolute atomic E-state index is 12.1. The van der Waals surface area contributed by atoms with Crippen molar-refractivity contribution in [2.24, 2.45) is 0 Å². The number of nitrogens with two attached hydrogens (primary N) is 1. The minimum absolute atomic E-state index is 0.0430. The number of nitro benzene ring substituents is 1. The molecular weight excluding hydrogens is 298 g/mol. The molecule has 8 nitrogen and oxygen atoms in total. The first kappa shape index (κ1) is 14.8. The molecule has 0 atom stereocenters. The van der Waals surface area contributed by atoms with Crippen LogP contribution in [0.2, 0.25) is 5.02 Å². The molecule has 0 aliphatic heterocycles. The highest BCUT2D eigenvalue weighted by Gasteiger charge is 2.19. The Bertz CT molecular complexity index is 713. The molecule has 9 heteroatoms. The first-order valence-corrected chi connectivity index (χ1v) is 6.37. The highest BCUT2D eigenvalue weighted by atomic mass is 35.5. The van der Waals surface area contributed by atoms with Crippen molar-refractivity contribution in [3.05, 3.63) is 45.2 Å². The second-order valence-corrected chi connectivity index (χ2v) is 4.59. The van der Waals surface area contributed by atoms with Crippen LogP contribution in [-0.2, 0) is 6.54 Å². The lowest BCUT2D eigenvalue weighted by atomic mass is 10.1. The predicted octanol–water partition coefficient (Wildman–Crippen LogP) is 2.30. The van der Waals surface area contributed by atoms with Gasteiger partial charge in [0, 0.05) is 24.4 Å². The fraction of sp³-hybridized carbons (Fsp3) is 0.167. The molecule has 2 rings (SSSR count). The van der Waals surface area contributed by atoms with Gasteiger partial charge in [-0.1, -0.05) is 11.6 Å². The van der Waals surface area contributed by atoms with Gasteiger partial charge in [0.1, 0.15) is 5.69 Å². The van der Waals surface area contributed by atoms with E-state index < -0.39 is 16.5 Å². The van der Waals surface area contributed by atoms with Crippen LogP contribution in [0.4, 0.5) is 17.1 Å². The van der Waals surface area contributed by atoms with Crippen LogP contribution < -0.4 is 11.1 Å². The minimum atomic E-state index is -0.687. The Kier molecular flexibility index (Phi) is 4.08. The summed E-state index contributed by atoms with van der Waals surface area (Å²) in [6.07, 6.45) is 3.12. The van der Waals surface area contributed by atoms with Crippen molar-refractivity contribution in [3.8, 4) is 0 Å². The molecule has 1 heterocycles. The largest absolute Gasteiger partial charge is 0.392 e. The van der Waals surface area contributed by atoms with E-state index in [-0.39, 0.29) is 16.3 Å². The van der Waals surface area contributed by atoms with Crippen LogP contribution in [0, 0.1) is 10.1 Å². The second kappa shape index (κ2) is 5.80. The van der Waals surface area contributed by atoms with Gasteiger partial charge >= 0.3 is 0 Å². The summed E-state index contributed by atoms with van der Waals surface area (Å²) in [5.41, 5.74) is 5.46. The predicted molar refractivity (Wildman–Crippen MR) is 78.4 cm³/mol. The number of amides is 1. The number of carbonyl (C=O) groups is 1. The van der Waals surface area contributed by atoms with E-state index in [1.54, 1.807) is 10.9 Å². The average Bonchev–Trinajstić information content (AvgIpc) is 2.88. The number of carbonyl (C=O) groups excluding carboxylic acids is 1. The van der Waals surface area contributed by atoms with Crippen molar-refractivity contribution in [2.75, 3.05) is 11.1 Å². The maximum Gasteiger partial charge on any atom is 0.294 e. The molecule has 3 N–H and O–H groups in total. The standard InChI is InChI=1S/C12H12ClN5O3/c1-2-17-6-8(5-15-17)16-12(19)7-3-9(13)11(14)10(4-7)18(20)21/h3-6H,2,14H2,1H3,(H,16,19). The number of aryl methyl sites for hydroxylation is 1. The highest BCUT2D eigenvalue weighted by molar-refractivity contribution is 6.34. The number of nitro groups is 1. The topological polar surface area (TPSA) is 116 Å². The van der Waals surface area contributed by atoms with E-state index >= 15 is 0 Å². The number of halogens is 1. The van der Waals surface area contributed by atoms with E-state index in [1.165, 1.54) is 12.3 Å². The molecule has 0 fully saturated rings. The van der Waals surface area contributed by atoms with Gasteiger partial charge in [-0.2, -0.15) is 5.10 Å². The van der Waals surface area contributed by atoms with E-state index in [4.69, 9.17) is 17.3 Å². The zero-order valence-electron chi connectivity index (χ0n) is 11.0. The van der Waals surface area contributed by atoms with Crippen LogP contribution >= 0.6 is 11.6 Å². The summed E-state index contributed by atoms with van der Waals surface area (Å²) in [6.45, 7) is 2.57. The molecule has 110 valence electrons. The summed E-state index contributed by atoms with van der Waals surface area (Å²) in [4.78, 5) is 22.3. The fourth-order valence-corrected chi connectivity index (χ4v) is 1.90. The number of anilines is 2. The smallest absolute Gasteiger partial charge is 0.294 e. The number of nitrogens with zero attached hydrogens (tertiary/aromatic N) is 3. The van der Waals surface area contributed by atoms with Gasteiger partial charge in [0.05, 0.1) is 21.8 Å². The summed E-state index contributed by atoms with van der Waals surface area (Å²) in [7, 11) is 0. The van der Waals surface area contributed by atoms with E-state index in [0.717, 1.165) is 6.07 Å². The SMILES string of the molecule is CCn1cc(NC(=O)c2cc(Cl)c(N)c([N+](=O)[O-])c2)cn1. The molecule has 0 aliphatic rings. The van der Waals surface area contributed by atoms with E-state index in [0.29, 0.717) is 12.2 Å². The lowest BCUT2D eigenvalue weighted by molar-refractivity contribution is -0.383. The van der Waals surface area contributed by atoms with Gasteiger partial charge in [-0.25, -0.2) is 0 Å². The van der Waals surface area contributed by atoms with Crippen LogP contribution in [0.25, 0.3) is 0 Å². The van der Waals surface area contributed by atoms with E-state index in [2.05, 4.69) is 10.4 Å². The Hall–Kier alpha value is -2.61. The molecule has 0 saturated heterocycles. The lowest BCUT2D eigenvalue weighted by Gasteiger charge is -2.05. The van der Waals surface area contributed by atoms with Gasteiger partial charge in [0.2, 0.25) is 0 Å². The second-order valence-electron chi connectivity index (χ2n) is 4.19. The quantitative estimate of drug-likeness (QED) is 0.510. The van der Waals surface area contributed by atoms with Crippen molar-refractivity contribution in [1.29, 1.82) is 0 Å². The lowest BCUT2D eigenvalue weighted by Crippen LogP contribution is -2.12. The van der Waals surface area contributed by atoms with Crippen LogP contribution in [0.5, 0.6) is 0 Å². The molecule has 0 spiro atoms. The third kappa shape index (κ3) is 3.11. The summed E-state index contributed by atoms with van der Waals surface area (Å²) in [6, 6.07) is 2.37. The van der Waals surface area contributed by atoms with Gasteiger partial charge in [-0.05, 0) is 13.0 Å². The van der Waals surface area contributed by atoms with Gasteiger partial charge < -0.3 is 11.1 Å². The highest BCUT2D eigenvalue weighted by Crippen LogP contribution is 2.31. The van der Waals surface area contributed by atoms with E-state index in [1.807, 2.05) is 6.92 Å². The summed E-state index contributed by atoms with van der Waals surface area (Å²) in [5.74, 6) is -0.532. The van der Waals surface area contributed by atoms with Gasteiger partial charge in [-0.3, -0.25) is 19.6 Å². The summed E-state index contributed by atoms with van der Waals surface area (Å²) in [5, 5.41) is 17.4. The molecule has 21 heavy (non-hydrogen) atoms. The molecule has 0 aliphatic carbocycles. The zero-order valence-corrected chi connectivity index (χ0v) is 11.8. The van der Waals surface area contributed by atoms with Crippen molar-refractivity contribution in [3.63, 3.8) is 0 Å². The number of aromatic nitrogens is 2. The van der Waals surface area contributed by atoms with Crippen molar-refractivity contribution in [2.45, 2.75) is 13.5 Å². The Morgan fingerprint density at radius 1 is 1.57 bits per heavy atom. The van der Waals surface area contributed by atoms with Gasteiger partial charge in [-0.15, -0.1) is 0 Å². The zero-order chi connectivity index (χ0) is 15.6. The number of rotatable bonds is 4. The summed E-state index contributed by atoms with van der Waals surface area (Å²) >= 11 is 5.81. The van der Waals surface area contributed by atoms with Crippen LogP contribution in [0.3, 0.4) is 0 Å². The monoisotopic (exact) mass is 309 g/mol. The average molecular weight is 310 g/mol. The molecule has 2 aromatic rings. The molecule has 1 aromatic carbocycles. The molecule has 0 bridgehead atoms. The van der Waals surface area contributed by atoms with Crippen molar-refractivity contribution in [1.82, 2.24) is 9.78 Å². The van der Waals surface area contributed by atoms with Crippen LogP contribution in [0.1, 0.15) is 17.3 Å². The Morgan fingerprint density at radius 3 is 2.86 bits per heavy atom. The first-order chi connectivity index (χ1) is 9.92. The maximum atomic E-state index is 12.1. The molecule has 1 amide bonds. The Balaban J connectivity index is 2.28. The number of hydrogen-bond donors (Lipinski definition) is 2. The number of nitrogens with one attached hydrogen (secondary N) is 1. The fourth-order valence-electron chi connectivity index (χ4n) is 1.69. The molecule has 1 aromatic heterocycles. The first-order valence-electron chi connectivity index (χ1n) is 5.99. The van der Waals surface area contributed by atoms with Crippen molar-refractivity contribution >= 4 is 34.6 Å². The molecule has 0 saturated carbocycles. The summed E-state index contributed by atoms with van der Waals surface area (Å²) < 4.78 is 1.63. The third-order valence-electron chi connectivity index (χ3n) is 2.78. The Morgan fingerprint density at radius 2 is 2.29 bits per heavy atom. The van der Waals surface area contributed by atoms with Crippen LogP contribution in [-0.4, -0.2) is 20.6 Å². The number of hydrogen-bond acceptors (Lipinski definition) is 5.